The Morgan fingerprint density at radius 1 is 1.37 bits per heavy atom. The van der Waals surface area contributed by atoms with Gasteiger partial charge < -0.3 is 19.9 Å². The number of unbranched alkanes of at least 4 members (excludes halogenated alkanes) is 1. The molecule has 2 N–H and O–H groups in total. The van der Waals surface area contributed by atoms with Crippen LogP contribution in [0.4, 0.5) is 5.82 Å². The molecule has 106 valence electrons. The Balaban J connectivity index is 2.26. The molecule has 0 radical (unpaired) electrons. The normalized spacial score (nSPS) is 10.0. The van der Waals surface area contributed by atoms with Gasteiger partial charge in [0.1, 0.15) is 5.82 Å². The lowest BCUT2D eigenvalue weighted by Gasteiger charge is -2.07. The SMILES string of the molecule is CCOC(=O)CCCCOc1cc(N)nc(OC)n1. The number of hydrogen-bond donors (Lipinski definition) is 1. The Kier molecular flexibility index (Phi) is 6.42. The quantitative estimate of drug-likeness (QED) is 0.559. The van der Waals surface area contributed by atoms with Gasteiger partial charge in [0, 0.05) is 12.5 Å². The molecular weight excluding hydrogens is 250 g/mol. The summed E-state index contributed by atoms with van der Waals surface area (Å²) in [4.78, 5) is 18.9. The maximum absolute atomic E-state index is 11.1. The predicted molar refractivity (Wildman–Crippen MR) is 69.0 cm³/mol. The predicted octanol–water partition coefficient (Wildman–Crippen LogP) is 1.18. The molecule has 1 aromatic heterocycles. The van der Waals surface area contributed by atoms with E-state index in [1.54, 1.807) is 6.92 Å². The molecule has 7 nitrogen and oxygen atoms in total. The Bertz CT molecular complexity index is 412. The van der Waals surface area contributed by atoms with E-state index in [4.69, 9.17) is 19.9 Å². The fraction of sp³-hybridized carbons (Fsp3) is 0.583. The van der Waals surface area contributed by atoms with Crippen LogP contribution < -0.4 is 15.2 Å². The number of rotatable bonds is 8. The van der Waals surface area contributed by atoms with E-state index in [1.165, 1.54) is 13.2 Å². The van der Waals surface area contributed by atoms with Crippen LogP contribution in [0.1, 0.15) is 26.2 Å². The third kappa shape index (κ3) is 5.89. The molecule has 0 fully saturated rings. The molecule has 0 unspecified atom stereocenters. The zero-order chi connectivity index (χ0) is 14.1. The number of nitrogens with zero attached hydrogens (tertiary/aromatic N) is 2. The van der Waals surface area contributed by atoms with Crippen LogP contribution >= 0.6 is 0 Å². The van der Waals surface area contributed by atoms with Crippen molar-refractivity contribution >= 4 is 11.8 Å². The first kappa shape index (κ1) is 15.0. The Morgan fingerprint density at radius 2 is 2.16 bits per heavy atom. The van der Waals surface area contributed by atoms with Crippen molar-refractivity contribution in [1.82, 2.24) is 9.97 Å². The number of nitrogen functional groups attached to an aromatic ring is 1. The van der Waals surface area contributed by atoms with E-state index < -0.39 is 0 Å². The van der Waals surface area contributed by atoms with Crippen molar-refractivity contribution in [3.05, 3.63) is 6.07 Å². The van der Waals surface area contributed by atoms with Crippen molar-refractivity contribution in [3.8, 4) is 11.9 Å². The van der Waals surface area contributed by atoms with Crippen molar-refractivity contribution in [3.63, 3.8) is 0 Å². The number of anilines is 1. The third-order valence-corrected chi connectivity index (χ3v) is 2.22. The van der Waals surface area contributed by atoms with Gasteiger partial charge in [-0.25, -0.2) is 0 Å². The number of ether oxygens (including phenoxy) is 3. The molecule has 0 aliphatic heterocycles. The largest absolute Gasteiger partial charge is 0.477 e. The zero-order valence-corrected chi connectivity index (χ0v) is 11.2. The van der Waals surface area contributed by atoms with Crippen LogP contribution in [0.25, 0.3) is 0 Å². The second-order valence-electron chi connectivity index (χ2n) is 3.73. The van der Waals surface area contributed by atoms with E-state index in [9.17, 15) is 4.79 Å². The Labute approximate surface area is 112 Å². The van der Waals surface area contributed by atoms with Crippen LogP contribution in [-0.2, 0) is 9.53 Å². The van der Waals surface area contributed by atoms with E-state index in [1.807, 2.05) is 0 Å². The smallest absolute Gasteiger partial charge is 0.321 e. The molecule has 0 amide bonds. The maximum Gasteiger partial charge on any atom is 0.321 e. The lowest BCUT2D eigenvalue weighted by Crippen LogP contribution is -2.06. The first-order chi connectivity index (χ1) is 9.15. The van der Waals surface area contributed by atoms with Gasteiger partial charge in [-0.15, -0.1) is 0 Å². The number of aromatic nitrogens is 2. The molecule has 0 spiro atoms. The second-order valence-corrected chi connectivity index (χ2v) is 3.73. The standard InChI is InChI=1S/C12H19N3O4/c1-3-18-11(16)6-4-5-7-19-10-8-9(13)14-12(15-10)17-2/h8H,3-7H2,1-2H3,(H2,13,14,15). The lowest BCUT2D eigenvalue weighted by molar-refractivity contribution is -0.143. The third-order valence-electron chi connectivity index (χ3n) is 2.22. The minimum atomic E-state index is -0.185. The van der Waals surface area contributed by atoms with Gasteiger partial charge in [-0.2, -0.15) is 9.97 Å². The topological polar surface area (TPSA) is 96.6 Å². The molecule has 7 heteroatoms. The van der Waals surface area contributed by atoms with Gasteiger partial charge in [0.05, 0.1) is 20.3 Å². The highest BCUT2D eigenvalue weighted by Gasteiger charge is 2.04. The van der Waals surface area contributed by atoms with E-state index in [0.717, 1.165) is 6.42 Å². The van der Waals surface area contributed by atoms with E-state index in [-0.39, 0.29) is 17.8 Å². The number of nitrogens with two attached hydrogens (primary N) is 1. The summed E-state index contributed by atoms with van der Waals surface area (Å²) >= 11 is 0. The summed E-state index contributed by atoms with van der Waals surface area (Å²) in [6, 6.07) is 1.69. The summed E-state index contributed by atoms with van der Waals surface area (Å²) in [5.74, 6) is 0.462. The van der Waals surface area contributed by atoms with E-state index >= 15 is 0 Å². The van der Waals surface area contributed by atoms with Crippen LogP contribution in [0.3, 0.4) is 0 Å². The van der Waals surface area contributed by atoms with E-state index in [2.05, 4.69) is 9.97 Å². The van der Waals surface area contributed by atoms with Gasteiger partial charge in [0.15, 0.2) is 0 Å². The second kappa shape index (κ2) is 8.12. The molecule has 0 atom stereocenters. The minimum absolute atomic E-state index is 0.168. The average molecular weight is 269 g/mol. The van der Waals surface area contributed by atoms with E-state index in [0.29, 0.717) is 31.9 Å². The van der Waals surface area contributed by atoms with Crippen molar-refractivity contribution < 1.29 is 19.0 Å². The molecule has 0 aliphatic rings. The van der Waals surface area contributed by atoms with Gasteiger partial charge in [0.2, 0.25) is 5.88 Å². The summed E-state index contributed by atoms with van der Waals surface area (Å²) in [6.07, 6.45) is 1.83. The van der Waals surface area contributed by atoms with Gasteiger partial charge >= 0.3 is 12.0 Å². The maximum atomic E-state index is 11.1. The molecule has 0 bridgehead atoms. The summed E-state index contributed by atoms with van der Waals surface area (Å²) < 4.78 is 15.1. The molecule has 0 aliphatic carbocycles. The molecule has 0 aromatic carbocycles. The lowest BCUT2D eigenvalue weighted by atomic mass is 10.2. The summed E-state index contributed by atoms with van der Waals surface area (Å²) in [5, 5.41) is 0. The minimum Gasteiger partial charge on any atom is -0.477 e. The van der Waals surface area contributed by atoms with Crippen LogP contribution in [0.5, 0.6) is 11.9 Å². The Hall–Kier alpha value is -2.05. The van der Waals surface area contributed by atoms with Crippen LogP contribution in [0.2, 0.25) is 0 Å². The summed E-state index contributed by atoms with van der Waals surface area (Å²) in [7, 11) is 1.46. The van der Waals surface area contributed by atoms with Crippen molar-refractivity contribution in [1.29, 1.82) is 0 Å². The molecule has 1 heterocycles. The molecule has 1 rings (SSSR count). The average Bonchev–Trinajstić information content (AvgIpc) is 2.38. The fourth-order valence-electron chi connectivity index (χ4n) is 1.37. The molecule has 0 saturated heterocycles. The zero-order valence-electron chi connectivity index (χ0n) is 11.2. The highest BCUT2D eigenvalue weighted by Crippen LogP contribution is 2.15. The van der Waals surface area contributed by atoms with Gasteiger partial charge in [0.25, 0.3) is 0 Å². The highest BCUT2D eigenvalue weighted by atomic mass is 16.5. The van der Waals surface area contributed by atoms with Crippen molar-refractivity contribution in [2.24, 2.45) is 0 Å². The van der Waals surface area contributed by atoms with Crippen LogP contribution in [0, 0.1) is 0 Å². The number of esters is 1. The van der Waals surface area contributed by atoms with Crippen molar-refractivity contribution in [2.45, 2.75) is 26.2 Å². The monoisotopic (exact) mass is 269 g/mol. The first-order valence-electron chi connectivity index (χ1n) is 6.12. The molecular formula is C12H19N3O4. The van der Waals surface area contributed by atoms with Crippen LogP contribution in [0.15, 0.2) is 6.07 Å². The van der Waals surface area contributed by atoms with Gasteiger partial charge in [-0.05, 0) is 19.8 Å². The summed E-state index contributed by atoms with van der Waals surface area (Å²) in [6.45, 7) is 2.64. The van der Waals surface area contributed by atoms with Gasteiger partial charge in [-0.3, -0.25) is 4.79 Å². The highest BCUT2D eigenvalue weighted by molar-refractivity contribution is 5.69. The molecule has 0 saturated carbocycles. The molecule has 19 heavy (non-hydrogen) atoms. The number of methoxy groups -OCH3 is 1. The first-order valence-corrected chi connectivity index (χ1v) is 6.12. The number of hydrogen-bond acceptors (Lipinski definition) is 7. The number of carbonyl (C=O) groups is 1. The Morgan fingerprint density at radius 3 is 2.84 bits per heavy atom. The summed E-state index contributed by atoms with van der Waals surface area (Å²) in [5.41, 5.74) is 5.57. The van der Waals surface area contributed by atoms with Gasteiger partial charge in [-0.1, -0.05) is 0 Å². The molecule has 1 aromatic rings. The van der Waals surface area contributed by atoms with Crippen molar-refractivity contribution in [2.75, 3.05) is 26.1 Å². The number of carbonyl (C=O) groups excluding carboxylic acids is 1. The van der Waals surface area contributed by atoms with Crippen LogP contribution in [-0.4, -0.2) is 36.3 Å². The fourth-order valence-corrected chi connectivity index (χ4v) is 1.37.